The molecule has 0 saturated carbocycles. The van der Waals surface area contributed by atoms with Crippen LogP contribution in [0.15, 0.2) is 48.9 Å². The van der Waals surface area contributed by atoms with Crippen molar-refractivity contribution in [2.45, 2.75) is 45.3 Å². The summed E-state index contributed by atoms with van der Waals surface area (Å²) in [7, 11) is 0. The van der Waals surface area contributed by atoms with Gasteiger partial charge >= 0.3 is 0 Å². The summed E-state index contributed by atoms with van der Waals surface area (Å²) < 4.78 is 2.19. The quantitative estimate of drug-likeness (QED) is 0.729. The molecule has 0 spiro atoms. The van der Waals surface area contributed by atoms with Gasteiger partial charge in [0.05, 0.1) is 24.3 Å². The lowest BCUT2D eigenvalue weighted by Gasteiger charge is -2.28. The van der Waals surface area contributed by atoms with Crippen molar-refractivity contribution in [2.75, 3.05) is 11.9 Å². The molecule has 3 heterocycles. The van der Waals surface area contributed by atoms with Crippen LogP contribution in [0.3, 0.4) is 0 Å². The molecule has 3 aromatic rings. The second-order valence-electron chi connectivity index (χ2n) is 7.28. The van der Waals surface area contributed by atoms with Crippen molar-refractivity contribution < 1.29 is 0 Å². The highest BCUT2D eigenvalue weighted by atomic mass is 15.1. The van der Waals surface area contributed by atoms with Crippen molar-refractivity contribution in [3.63, 3.8) is 0 Å². The Kier molecular flexibility index (Phi) is 5.16. The smallest absolute Gasteiger partial charge is 0.145 e. The number of anilines is 1. The summed E-state index contributed by atoms with van der Waals surface area (Å²) in [5.41, 5.74) is 3.07. The minimum Gasteiger partial charge on any atom is -0.365 e. The first-order chi connectivity index (χ1) is 13.2. The van der Waals surface area contributed by atoms with Crippen molar-refractivity contribution >= 4 is 5.82 Å². The normalized spacial score (nSPS) is 19.8. The fourth-order valence-electron chi connectivity index (χ4n) is 3.53. The van der Waals surface area contributed by atoms with Crippen LogP contribution in [-0.2, 0) is 6.54 Å². The molecule has 2 N–H and O–H groups in total. The number of rotatable bonds is 5. The lowest BCUT2D eigenvalue weighted by Crippen LogP contribution is -2.43. The van der Waals surface area contributed by atoms with E-state index in [9.17, 15) is 0 Å². The van der Waals surface area contributed by atoms with Crippen LogP contribution in [0, 0.1) is 6.92 Å². The first-order valence-corrected chi connectivity index (χ1v) is 9.57. The van der Waals surface area contributed by atoms with Gasteiger partial charge in [0.1, 0.15) is 17.3 Å². The van der Waals surface area contributed by atoms with E-state index in [4.69, 9.17) is 4.98 Å². The number of aryl methyl sites for hydroxylation is 1. The van der Waals surface area contributed by atoms with E-state index in [1.165, 1.54) is 12.0 Å². The molecule has 0 unspecified atom stereocenters. The third kappa shape index (κ3) is 4.17. The van der Waals surface area contributed by atoms with Crippen molar-refractivity contribution in [1.82, 2.24) is 24.8 Å². The molecule has 4 rings (SSSR count). The molecule has 1 fully saturated rings. The van der Waals surface area contributed by atoms with Crippen LogP contribution >= 0.6 is 0 Å². The first kappa shape index (κ1) is 17.7. The van der Waals surface area contributed by atoms with Crippen molar-refractivity contribution in [1.29, 1.82) is 0 Å². The fraction of sp³-hybridized carbons (Fsp3) is 0.381. The highest BCUT2D eigenvalue weighted by molar-refractivity contribution is 5.56. The average molecular weight is 362 g/mol. The zero-order valence-corrected chi connectivity index (χ0v) is 15.9. The second kappa shape index (κ2) is 7.88. The van der Waals surface area contributed by atoms with Crippen LogP contribution in [0.1, 0.15) is 31.2 Å². The molecule has 1 aromatic carbocycles. The van der Waals surface area contributed by atoms with Gasteiger partial charge in [-0.15, -0.1) is 0 Å². The van der Waals surface area contributed by atoms with Crippen molar-refractivity contribution in [3.05, 3.63) is 60.3 Å². The summed E-state index contributed by atoms with van der Waals surface area (Å²) in [6, 6.07) is 11.4. The zero-order valence-electron chi connectivity index (χ0n) is 15.9. The molecule has 1 aliphatic heterocycles. The lowest BCUT2D eigenvalue weighted by atomic mass is 10.0. The van der Waals surface area contributed by atoms with E-state index in [0.717, 1.165) is 42.5 Å². The Labute approximate surface area is 160 Å². The maximum absolute atomic E-state index is 4.81. The van der Waals surface area contributed by atoms with Gasteiger partial charge in [0, 0.05) is 25.2 Å². The number of imidazole rings is 1. The number of nitrogens with one attached hydrogen (secondary N) is 2. The van der Waals surface area contributed by atoms with Crippen LogP contribution in [0.5, 0.6) is 0 Å². The number of hydrogen-bond donors (Lipinski definition) is 2. The van der Waals surface area contributed by atoms with Crippen LogP contribution in [0.2, 0.25) is 0 Å². The average Bonchev–Trinajstić information content (AvgIpc) is 3.05. The summed E-state index contributed by atoms with van der Waals surface area (Å²) in [4.78, 5) is 13.7. The lowest BCUT2D eigenvalue weighted by molar-refractivity contribution is 0.398. The Morgan fingerprint density at radius 2 is 2.00 bits per heavy atom. The molecule has 0 amide bonds. The molecule has 0 bridgehead atoms. The molecular formula is C21H26N6. The number of benzene rings is 1. The van der Waals surface area contributed by atoms with E-state index >= 15 is 0 Å². The van der Waals surface area contributed by atoms with E-state index < -0.39 is 0 Å². The summed E-state index contributed by atoms with van der Waals surface area (Å²) in [5.74, 6) is 1.79. The highest BCUT2D eigenvalue weighted by Crippen LogP contribution is 2.22. The summed E-state index contributed by atoms with van der Waals surface area (Å²) >= 11 is 0. The molecule has 2 atom stereocenters. The minimum atomic E-state index is 0.390. The predicted molar refractivity (Wildman–Crippen MR) is 108 cm³/mol. The van der Waals surface area contributed by atoms with E-state index in [1.807, 2.05) is 25.4 Å². The van der Waals surface area contributed by atoms with Crippen molar-refractivity contribution in [2.24, 2.45) is 0 Å². The number of hydrogen-bond acceptors (Lipinski definition) is 5. The van der Waals surface area contributed by atoms with E-state index in [0.29, 0.717) is 12.1 Å². The Bertz CT molecular complexity index is 881. The molecule has 1 saturated heterocycles. The molecule has 27 heavy (non-hydrogen) atoms. The standard InChI is InChI=1S/C21H26N6/c1-15-8-9-18(10-23-15)25-21-13-22-11-19(26-21)20-12-24-16(2)27(20)14-17-6-4-3-5-7-17/h3-7,11-13,15,18,23H,8-10,14H2,1-2H3,(H,25,26)/t15-,18-/m1/s1. The fourth-order valence-corrected chi connectivity index (χ4v) is 3.53. The third-order valence-corrected chi connectivity index (χ3v) is 5.15. The zero-order chi connectivity index (χ0) is 18.6. The van der Waals surface area contributed by atoms with Gasteiger partial charge in [-0.05, 0) is 32.3 Å². The van der Waals surface area contributed by atoms with E-state index in [2.05, 4.69) is 56.4 Å². The monoisotopic (exact) mass is 362 g/mol. The van der Waals surface area contributed by atoms with Crippen LogP contribution in [0.4, 0.5) is 5.82 Å². The molecule has 140 valence electrons. The van der Waals surface area contributed by atoms with Crippen LogP contribution < -0.4 is 10.6 Å². The van der Waals surface area contributed by atoms with Gasteiger partial charge in [-0.2, -0.15) is 0 Å². The topological polar surface area (TPSA) is 67.7 Å². The Hall–Kier alpha value is -2.73. The van der Waals surface area contributed by atoms with Gasteiger partial charge in [0.15, 0.2) is 0 Å². The molecular weight excluding hydrogens is 336 g/mol. The van der Waals surface area contributed by atoms with Gasteiger partial charge in [0.2, 0.25) is 0 Å². The van der Waals surface area contributed by atoms with Crippen molar-refractivity contribution in [3.8, 4) is 11.4 Å². The summed E-state index contributed by atoms with van der Waals surface area (Å²) in [6.45, 7) is 5.98. The maximum atomic E-state index is 4.81. The van der Waals surface area contributed by atoms with Gasteiger partial charge in [-0.25, -0.2) is 9.97 Å². The molecule has 6 nitrogen and oxygen atoms in total. The molecule has 0 radical (unpaired) electrons. The number of aromatic nitrogens is 4. The first-order valence-electron chi connectivity index (χ1n) is 9.57. The largest absolute Gasteiger partial charge is 0.365 e. The van der Waals surface area contributed by atoms with Gasteiger partial charge in [-0.1, -0.05) is 30.3 Å². The number of piperidine rings is 1. The maximum Gasteiger partial charge on any atom is 0.145 e. The Morgan fingerprint density at radius 3 is 2.78 bits per heavy atom. The second-order valence-corrected chi connectivity index (χ2v) is 7.28. The van der Waals surface area contributed by atoms with Gasteiger partial charge in [-0.3, -0.25) is 4.98 Å². The molecule has 6 heteroatoms. The molecule has 0 aliphatic carbocycles. The molecule has 2 aromatic heterocycles. The molecule has 1 aliphatic rings. The third-order valence-electron chi connectivity index (χ3n) is 5.15. The SMILES string of the molecule is Cc1ncc(-c2cncc(N[C@@H]3CC[C@@H](C)NC3)n2)n1Cc1ccccc1. The van der Waals surface area contributed by atoms with Crippen LogP contribution in [0.25, 0.3) is 11.4 Å². The summed E-state index contributed by atoms with van der Waals surface area (Å²) in [6.07, 6.45) is 7.81. The predicted octanol–water partition coefficient (Wildman–Crippen LogP) is 3.25. The van der Waals surface area contributed by atoms with E-state index in [-0.39, 0.29) is 0 Å². The van der Waals surface area contributed by atoms with Gasteiger partial charge < -0.3 is 15.2 Å². The van der Waals surface area contributed by atoms with Crippen LogP contribution in [-0.4, -0.2) is 38.1 Å². The van der Waals surface area contributed by atoms with E-state index in [1.54, 1.807) is 6.20 Å². The Balaban J connectivity index is 1.55. The minimum absolute atomic E-state index is 0.390. The Morgan fingerprint density at radius 1 is 1.15 bits per heavy atom. The number of nitrogens with zero attached hydrogens (tertiary/aromatic N) is 4. The summed E-state index contributed by atoms with van der Waals surface area (Å²) in [5, 5.41) is 7.04. The van der Waals surface area contributed by atoms with Gasteiger partial charge in [0.25, 0.3) is 0 Å². The highest BCUT2D eigenvalue weighted by Gasteiger charge is 2.18.